The predicted molar refractivity (Wildman–Crippen MR) is 59.4 cm³/mol. The lowest BCUT2D eigenvalue weighted by Crippen LogP contribution is -2.44. The second-order valence-corrected chi connectivity index (χ2v) is 4.53. The van der Waals surface area contributed by atoms with Crippen LogP contribution in [0.25, 0.3) is 0 Å². The van der Waals surface area contributed by atoms with E-state index in [9.17, 15) is 9.90 Å². The van der Waals surface area contributed by atoms with Crippen molar-refractivity contribution in [2.45, 2.75) is 31.3 Å². The minimum atomic E-state index is -0.863. The molecular weight excluding hydrogens is 210 g/mol. The topological polar surface area (TPSA) is 70.0 Å². The van der Waals surface area contributed by atoms with Gasteiger partial charge >= 0.3 is 5.97 Å². The van der Waals surface area contributed by atoms with E-state index in [0.29, 0.717) is 19.7 Å². The van der Waals surface area contributed by atoms with Gasteiger partial charge in [0, 0.05) is 20.2 Å². The van der Waals surface area contributed by atoms with Gasteiger partial charge in [-0.1, -0.05) is 12.8 Å². The first-order valence-corrected chi connectivity index (χ1v) is 5.71. The smallest absolute Gasteiger partial charge is 0.317 e. The van der Waals surface area contributed by atoms with Gasteiger partial charge in [0.15, 0.2) is 0 Å². The highest BCUT2D eigenvalue weighted by Gasteiger charge is 2.33. The maximum atomic E-state index is 10.7. The number of hydrogen-bond donors (Lipinski definition) is 2. The summed E-state index contributed by atoms with van der Waals surface area (Å²) in [5, 5.41) is 19.0. The van der Waals surface area contributed by atoms with Gasteiger partial charge in [-0.25, -0.2) is 0 Å². The molecular formula is C11H21NO4. The molecule has 0 heterocycles. The molecule has 1 saturated carbocycles. The van der Waals surface area contributed by atoms with Crippen molar-refractivity contribution in [1.82, 2.24) is 4.90 Å². The average molecular weight is 231 g/mol. The standard InChI is InChI=1S/C11H21NO4/c1-16-7-6-12(8-10(13)14)9-11(15)4-2-3-5-11/h15H,2-9H2,1H3,(H,13,14). The summed E-state index contributed by atoms with van der Waals surface area (Å²) in [4.78, 5) is 12.4. The van der Waals surface area contributed by atoms with Crippen molar-refractivity contribution >= 4 is 5.97 Å². The second-order valence-electron chi connectivity index (χ2n) is 4.53. The van der Waals surface area contributed by atoms with Crippen LogP contribution in [0.15, 0.2) is 0 Å². The molecule has 5 heteroatoms. The summed E-state index contributed by atoms with van der Waals surface area (Å²) in [7, 11) is 1.59. The first kappa shape index (κ1) is 13.4. The van der Waals surface area contributed by atoms with Gasteiger partial charge in [0.25, 0.3) is 0 Å². The van der Waals surface area contributed by atoms with Crippen molar-refractivity contribution < 1.29 is 19.7 Å². The van der Waals surface area contributed by atoms with Crippen LogP contribution in [0.1, 0.15) is 25.7 Å². The number of hydrogen-bond acceptors (Lipinski definition) is 4. The number of aliphatic hydroxyl groups is 1. The van der Waals surface area contributed by atoms with Crippen molar-refractivity contribution in [2.24, 2.45) is 0 Å². The average Bonchev–Trinajstić information content (AvgIpc) is 2.60. The number of carboxylic acid groups (broad SMARTS) is 1. The molecule has 16 heavy (non-hydrogen) atoms. The predicted octanol–water partition coefficient (Wildman–Crippen LogP) is 0.324. The summed E-state index contributed by atoms with van der Waals surface area (Å²) in [5.41, 5.74) is -0.691. The van der Waals surface area contributed by atoms with Gasteiger partial charge in [0.1, 0.15) is 0 Å². The number of carbonyl (C=O) groups is 1. The lowest BCUT2D eigenvalue weighted by Gasteiger charge is -2.30. The fourth-order valence-corrected chi connectivity index (χ4v) is 2.23. The SMILES string of the molecule is COCCN(CC(=O)O)CC1(O)CCCC1. The van der Waals surface area contributed by atoms with Crippen molar-refractivity contribution in [3.63, 3.8) is 0 Å². The third-order valence-corrected chi connectivity index (χ3v) is 3.02. The molecule has 0 spiro atoms. The van der Waals surface area contributed by atoms with Gasteiger partial charge in [-0.05, 0) is 12.8 Å². The number of aliphatic carboxylic acids is 1. The van der Waals surface area contributed by atoms with Gasteiger partial charge in [-0.15, -0.1) is 0 Å². The summed E-state index contributed by atoms with van der Waals surface area (Å²) < 4.78 is 4.94. The summed E-state index contributed by atoms with van der Waals surface area (Å²) >= 11 is 0. The summed E-state index contributed by atoms with van der Waals surface area (Å²) in [6.07, 6.45) is 3.61. The fourth-order valence-electron chi connectivity index (χ4n) is 2.23. The largest absolute Gasteiger partial charge is 0.480 e. The van der Waals surface area contributed by atoms with Gasteiger partial charge in [0.2, 0.25) is 0 Å². The van der Waals surface area contributed by atoms with E-state index < -0.39 is 11.6 Å². The van der Waals surface area contributed by atoms with E-state index in [1.54, 1.807) is 12.0 Å². The molecule has 0 unspecified atom stereocenters. The van der Waals surface area contributed by atoms with Crippen LogP contribution in [-0.4, -0.2) is 60.0 Å². The third kappa shape index (κ3) is 4.47. The quantitative estimate of drug-likeness (QED) is 0.660. The monoisotopic (exact) mass is 231 g/mol. The Bertz CT molecular complexity index is 226. The normalized spacial score (nSPS) is 19.2. The molecule has 1 aliphatic carbocycles. The van der Waals surface area contributed by atoms with Crippen LogP contribution in [0.5, 0.6) is 0 Å². The molecule has 0 atom stereocenters. The van der Waals surface area contributed by atoms with Crippen LogP contribution in [-0.2, 0) is 9.53 Å². The van der Waals surface area contributed by atoms with Crippen LogP contribution >= 0.6 is 0 Å². The Balaban J connectivity index is 2.44. The minimum absolute atomic E-state index is 0.0360. The highest BCUT2D eigenvalue weighted by Crippen LogP contribution is 2.30. The zero-order chi connectivity index (χ0) is 12.0. The Morgan fingerprint density at radius 3 is 2.56 bits per heavy atom. The molecule has 5 nitrogen and oxygen atoms in total. The molecule has 0 aliphatic heterocycles. The van der Waals surface area contributed by atoms with Gasteiger partial charge < -0.3 is 14.9 Å². The number of carboxylic acids is 1. The number of ether oxygens (including phenoxy) is 1. The molecule has 2 N–H and O–H groups in total. The Labute approximate surface area is 96.0 Å². The van der Waals surface area contributed by atoms with Crippen LogP contribution in [0, 0.1) is 0 Å². The lowest BCUT2D eigenvalue weighted by atomic mass is 10.0. The molecule has 0 bridgehead atoms. The van der Waals surface area contributed by atoms with E-state index in [1.807, 2.05) is 0 Å². The maximum absolute atomic E-state index is 10.7. The molecule has 0 amide bonds. The number of rotatable bonds is 7. The zero-order valence-electron chi connectivity index (χ0n) is 9.81. The summed E-state index contributed by atoms with van der Waals surface area (Å²) in [6.45, 7) is 1.43. The first-order chi connectivity index (χ1) is 7.56. The van der Waals surface area contributed by atoms with Crippen LogP contribution in [0.4, 0.5) is 0 Å². The molecule has 1 rings (SSSR count). The number of methoxy groups -OCH3 is 1. The summed E-state index contributed by atoms with van der Waals surface area (Å²) in [5.74, 6) is -0.863. The van der Waals surface area contributed by atoms with E-state index in [1.165, 1.54) is 0 Å². The fraction of sp³-hybridized carbons (Fsp3) is 0.909. The maximum Gasteiger partial charge on any atom is 0.317 e. The minimum Gasteiger partial charge on any atom is -0.480 e. The van der Waals surface area contributed by atoms with Gasteiger partial charge in [-0.3, -0.25) is 9.69 Å². The number of nitrogens with zero attached hydrogens (tertiary/aromatic N) is 1. The zero-order valence-corrected chi connectivity index (χ0v) is 9.81. The Morgan fingerprint density at radius 2 is 2.06 bits per heavy atom. The molecule has 0 saturated heterocycles. The molecule has 0 radical (unpaired) electrons. The van der Waals surface area contributed by atoms with Crippen molar-refractivity contribution in [3.8, 4) is 0 Å². The van der Waals surface area contributed by atoms with Crippen molar-refractivity contribution in [2.75, 3.05) is 33.4 Å². The van der Waals surface area contributed by atoms with E-state index >= 15 is 0 Å². The molecule has 0 aromatic carbocycles. The Kier molecular flexibility index (Phi) is 5.18. The molecule has 1 fully saturated rings. The molecule has 1 aliphatic rings. The van der Waals surface area contributed by atoms with E-state index in [0.717, 1.165) is 25.7 Å². The van der Waals surface area contributed by atoms with E-state index in [2.05, 4.69) is 0 Å². The van der Waals surface area contributed by atoms with E-state index in [4.69, 9.17) is 9.84 Å². The molecule has 0 aromatic heterocycles. The molecule has 94 valence electrons. The van der Waals surface area contributed by atoms with Crippen LogP contribution in [0.3, 0.4) is 0 Å². The molecule has 0 aromatic rings. The van der Waals surface area contributed by atoms with Gasteiger partial charge in [-0.2, -0.15) is 0 Å². The van der Waals surface area contributed by atoms with E-state index in [-0.39, 0.29) is 6.54 Å². The van der Waals surface area contributed by atoms with Crippen molar-refractivity contribution in [3.05, 3.63) is 0 Å². The lowest BCUT2D eigenvalue weighted by molar-refractivity contribution is -0.139. The Hall–Kier alpha value is -0.650. The Morgan fingerprint density at radius 1 is 1.44 bits per heavy atom. The highest BCUT2D eigenvalue weighted by molar-refractivity contribution is 5.69. The van der Waals surface area contributed by atoms with Crippen molar-refractivity contribution in [1.29, 1.82) is 0 Å². The first-order valence-electron chi connectivity index (χ1n) is 5.71. The van der Waals surface area contributed by atoms with Crippen LogP contribution in [0.2, 0.25) is 0 Å². The van der Waals surface area contributed by atoms with Gasteiger partial charge in [0.05, 0.1) is 18.8 Å². The summed E-state index contributed by atoms with van der Waals surface area (Å²) in [6, 6.07) is 0. The third-order valence-electron chi connectivity index (χ3n) is 3.02. The highest BCUT2D eigenvalue weighted by atomic mass is 16.5. The van der Waals surface area contributed by atoms with Crippen LogP contribution < -0.4 is 0 Å². The second kappa shape index (κ2) is 6.18.